The van der Waals surface area contributed by atoms with E-state index in [0.717, 1.165) is 33.9 Å². The summed E-state index contributed by atoms with van der Waals surface area (Å²) in [5, 5.41) is 3.91. The minimum absolute atomic E-state index is 0.0380. The third kappa shape index (κ3) is 4.05. The molecule has 1 saturated carbocycles. The molecule has 1 aromatic heterocycles. The summed E-state index contributed by atoms with van der Waals surface area (Å²) >= 11 is 1.55. The van der Waals surface area contributed by atoms with Gasteiger partial charge in [0.1, 0.15) is 18.9 Å². The summed E-state index contributed by atoms with van der Waals surface area (Å²) in [6, 6.07) is 13.7. The first kappa shape index (κ1) is 22.1. The van der Waals surface area contributed by atoms with Gasteiger partial charge in [-0.05, 0) is 50.3 Å². The Balaban J connectivity index is 1.22. The molecule has 7 nitrogen and oxygen atoms in total. The number of nitrogens with one attached hydrogen (secondary N) is 1. The van der Waals surface area contributed by atoms with E-state index in [0.29, 0.717) is 48.4 Å². The number of carbonyl (C=O) groups excluding carboxylic acids is 2. The van der Waals surface area contributed by atoms with Crippen molar-refractivity contribution >= 4 is 23.2 Å². The van der Waals surface area contributed by atoms with Gasteiger partial charge in [-0.3, -0.25) is 9.59 Å². The van der Waals surface area contributed by atoms with E-state index in [1.807, 2.05) is 36.9 Å². The average molecular weight is 490 g/mol. The van der Waals surface area contributed by atoms with Crippen molar-refractivity contribution in [2.45, 2.75) is 38.8 Å². The van der Waals surface area contributed by atoms with E-state index in [4.69, 9.17) is 9.47 Å². The van der Waals surface area contributed by atoms with Crippen LogP contribution in [0.25, 0.3) is 10.4 Å². The number of amides is 2. The molecule has 1 saturated heterocycles. The second kappa shape index (κ2) is 8.68. The van der Waals surface area contributed by atoms with Crippen molar-refractivity contribution in [1.29, 1.82) is 0 Å². The first-order chi connectivity index (χ1) is 17.0. The summed E-state index contributed by atoms with van der Waals surface area (Å²) in [4.78, 5) is 34.4. The molecular weight excluding hydrogens is 462 g/mol. The number of para-hydroxylation sites is 1. The van der Waals surface area contributed by atoms with E-state index in [1.54, 1.807) is 29.5 Å². The molecule has 1 aliphatic carbocycles. The number of hydrogen-bond donors (Lipinski definition) is 1. The molecule has 2 aliphatic heterocycles. The standard InChI is InChI=1S/C27H27N3O4S/c1-15-5-3-6-17(11-15)25-23(29-16(2)35-25)27(32)30-19(12-18-13-21(18)30)14-28-26(31)20-7-4-8-22-24(20)34-10-9-33-22/h3-8,11,18-19,21H,9-10,12-14H2,1-2H3,(H,28,31)/t18-,19+,21+/m1/s1. The van der Waals surface area contributed by atoms with Crippen LogP contribution in [-0.4, -0.2) is 53.5 Å². The molecule has 6 rings (SSSR count). The predicted molar refractivity (Wildman–Crippen MR) is 133 cm³/mol. The van der Waals surface area contributed by atoms with Crippen LogP contribution in [0.4, 0.5) is 0 Å². The van der Waals surface area contributed by atoms with Crippen LogP contribution in [0.2, 0.25) is 0 Å². The second-order valence-electron chi connectivity index (χ2n) is 9.48. The van der Waals surface area contributed by atoms with Gasteiger partial charge < -0.3 is 19.7 Å². The van der Waals surface area contributed by atoms with Crippen LogP contribution in [0.15, 0.2) is 42.5 Å². The Kier molecular flexibility index (Phi) is 5.48. The van der Waals surface area contributed by atoms with E-state index < -0.39 is 0 Å². The number of fused-ring (bicyclic) bond motifs is 2. The summed E-state index contributed by atoms with van der Waals surface area (Å²) in [5.41, 5.74) is 3.14. The Morgan fingerprint density at radius 2 is 1.94 bits per heavy atom. The Hall–Kier alpha value is -3.39. The van der Waals surface area contributed by atoms with Gasteiger partial charge in [0.25, 0.3) is 11.8 Å². The zero-order valence-corrected chi connectivity index (χ0v) is 20.6. The van der Waals surface area contributed by atoms with Crippen LogP contribution in [0, 0.1) is 19.8 Å². The van der Waals surface area contributed by atoms with Crippen molar-refractivity contribution in [3.63, 3.8) is 0 Å². The lowest BCUT2D eigenvalue weighted by Gasteiger charge is -2.28. The number of aromatic nitrogens is 1. The minimum Gasteiger partial charge on any atom is -0.486 e. The topological polar surface area (TPSA) is 80.8 Å². The molecule has 2 fully saturated rings. The van der Waals surface area contributed by atoms with Gasteiger partial charge in [0.05, 0.1) is 21.5 Å². The fourth-order valence-electron chi connectivity index (χ4n) is 5.29. The average Bonchev–Trinajstić information content (AvgIpc) is 3.35. The number of likely N-dealkylation sites (tertiary alicyclic amines) is 1. The monoisotopic (exact) mass is 489 g/mol. The number of aryl methyl sites for hydroxylation is 2. The van der Waals surface area contributed by atoms with Crippen LogP contribution in [0.5, 0.6) is 11.5 Å². The first-order valence-corrected chi connectivity index (χ1v) is 12.8. The van der Waals surface area contributed by atoms with Crippen molar-refractivity contribution in [2.75, 3.05) is 19.8 Å². The Bertz CT molecular complexity index is 1320. The Morgan fingerprint density at radius 3 is 2.80 bits per heavy atom. The minimum atomic E-state index is -0.217. The van der Waals surface area contributed by atoms with Gasteiger partial charge in [0.2, 0.25) is 0 Å². The maximum absolute atomic E-state index is 13.8. The number of ether oxygens (including phenoxy) is 2. The van der Waals surface area contributed by atoms with Crippen molar-refractivity contribution in [2.24, 2.45) is 5.92 Å². The molecule has 0 bridgehead atoms. The molecule has 0 spiro atoms. The van der Waals surface area contributed by atoms with E-state index in [-0.39, 0.29) is 23.9 Å². The summed E-state index contributed by atoms with van der Waals surface area (Å²) in [6.45, 7) is 5.27. The van der Waals surface area contributed by atoms with Gasteiger partial charge in [0.15, 0.2) is 11.5 Å². The zero-order chi connectivity index (χ0) is 24.1. The highest BCUT2D eigenvalue weighted by molar-refractivity contribution is 7.15. The summed E-state index contributed by atoms with van der Waals surface area (Å²) in [5.74, 6) is 1.32. The number of benzene rings is 2. The lowest BCUT2D eigenvalue weighted by atomic mass is 10.1. The summed E-state index contributed by atoms with van der Waals surface area (Å²) in [6.07, 6.45) is 1.92. The highest BCUT2D eigenvalue weighted by Crippen LogP contribution is 2.49. The summed E-state index contributed by atoms with van der Waals surface area (Å²) in [7, 11) is 0. The van der Waals surface area contributed by atoms with Crippen LogP contribution in [0.1, 0.15) is 44.3 Å². The van der Waals surface area contributed by atoms with Gasteiger partial charge in [-0.1, -0.05) is 35.9 Å². The SMILES string of the molecule is Cc1cccc(-c2sc(C)nc2C(=O)N2[C@H](CNC(=O)c3cccc4c3OCCO4)C[C@@H]3C[C@@H]32)c1. The number of piperidine rings is 1. The molecular formula is C27H27N3O4S. The van der Waals surface area contributed by atoms with Crippen molar-refractivity contribution < 1.29 is 19.1 Å². The third-order valence-corrected chi connectivity index (χ3v) is 7.99. The van der Waals surface area contributed by atoms with E-state index in [2.05, 4.69) is 16.4 Å². The zero-order valence-electron chi connectivity index (χ0n) is 19.7. The van der Waals surface area contributed by atoms with Gasteiger partial charge in [-0.2, -0.15) is 0 Å². The molecule has 3 aliphatic rings. The van der Waals surface area contributed by atoms with Crippen LogP contribution in [0.3, 0.4) is 0 Å². The maximum Gasteiger partial charge on any atom is 0.274 e. The molecule has 3 aromatic rings. The molecule has 0 radical (unpaired) electrons. The summed E-state index contributed by atoms with van der Waals surface area (Å²) < 4.78 is 11.3. The smallest absolute Gasteiger partial charge is 0.274 e. The van der Waals surface area contributed by atoms with Crippen molar-refractivity contribution in [1.82, 2.24) is 15.2 Å². The molecule has 180 valence electrons. The molecule has 3 atom stereocenters. The number of hydrogen-bond acceptors (Lipinski definition) is 6. The highest BCUT2D eigenvalue weighted by Gasteiger charge is 2.54. The quantitative estimate of drug-likeness (QED) is 0.580. The van der Waals surface area contributed by atoms with Crippen LogP contribution in [-0.2, 0) is 0 Å². The Morgan fingerprint density at radius 1 is 1.11 bits per heavy atom. The van der Waals surface area contributed by atoms with Gasteiger partial charge in [-0.15, -0.1) is 11.3 Å². The van der Waals surface area contributed by atoms with Gasteiger partial charge in [-0.25, -0.2) is 4.98 Å². The normalized spacial score (nSPS) is 22.0. The van der Waals surface area contributed by atoms with Gasteiger partial charge in [0, 0.05) is 12.6 Å². The number of nitrogens with zero attached hydrogens (tertiary/aromatic N) is 2. The van der Waals surface area contributed by atoms with E-state index >= 15 is 0 Å². The van der Waals surface area contributed by atoms with Crippen LogP contribution < -0.4 is 14.8 Å². The molecule has 1 N–H and O–H groups in total. The fraction of sp³-hybridized carbons (Fsp3) is 0.370. The Labute approximate surface area is 208 Å². The first-order valence-electron chi connectivity index (χ1n) is 12.0. The molecule has 2 amide bonds. The van der Waals surface area contributed by atoms with Gasteiger partial charge >= 0.3 is 0 Å². The maximum atomic E-state index is 13.8. The predicted octanol–water partition coefficient (Wildman–Crippen LogP) is 4.23. The highest BCUT2D eigenvalue weighted by atomic mass is 32.1. The van der Waals surface area contributed by atoms with Crippen molar-refractivity contribution in [3.8, 4) is 21.9 Å². The lowest BCUT2D eigenvalue weighted by Crippen LogP contribution is -2.45. The second-order valence-corrected chi connectivity index (χ2v) is 10.7. The number of rotatable bonds is 5. The third-order valence-electron chi connectivity index (χ3n) is 6.97. The molecule has 3 heterocycles. The molecule has 2 aromatic carbocycles. The fourth-order valence-corrected chi connectivity index (χ4v) is 6.20. The van der Waals surface area contributed by atoms with E-state index in [9.17, 15) is 9.59 Å². The van der Waals surface area contributed by atoms with Crippen molar-refractivity contribution in [3.05, 3.63) is 64.3 Å². The van der Waals surface area contributed by atoms with E-state index in [1.165, 1.54) is 0 Å². The number of thiazole rings is 1. The lowest BCUT2D eigenvalue weighted by molar-refractivity contribution is 0.0684. The largest absolute Gasteiger partial charge is 0.486 e. The number of carbonyl (C=O) groups is 2. The van der Waals surface area contributed by atoms with Crippen LogP contribution >= 0.6 is 11.3 Å². The molecule has 35 heavy (non-hydrogen) atoms. The molecule has 8 heteroatoms. The molecule has 0 unspecified atom stereocenters.